The predicted octanol–water partition coefficient (Wildman–Crippen LogP) is 2.42. The fourth-order valence-electron chi connectivity index (χ4n) is 2.06. The molecule has 0 amide bonds. The first-order valence-electron chi connectivity index (χ1n) is 5.96. The number of aromatic carboxylic acids is 1. The van der Waals surface area contributed by atoms with E-state index in [0.29, 0.717) is 16.6 Å². The van der Waals surface area contributed by atoms with Crippen LogP contribution in [-0.4, -0.2) is 31.4 Å². The number of hydrogen-bond acceptors (Lipinski definition) is 4. The first-order chi connectivity index (χ1) is 8.72. The fourth-order valence-corrected chi connectivity index (χ4v) is 2.79. The largest absolute Gasteiger partial charge is 0.477 e. The van der Waals surface area contributed by atoms with Gasteiger partial charge >= 0.3 is 5.97 Å². The number of rotatable bonds is 4. The molecule has 94 valence electrons. The van der Waals surface area contributed by atoms with Gasteiger partial charge in [-0.25, -0.2) is 14.3 Å². The highest BCUT2D eigenvalue weighted by Crippen LogP contribution is 2.40. The second-order valence-corrected chi connectivity index (χ2v) is 5.55. The van der Waals surface area contributed by atoms with Crippen molar-refractivity contribution in [3.05, 3.63) is 23.5 Å². The molecule has 3 rings (SSSR count). The highest BCUT2D eigenvalue weighted by molar-refractivity contribution is 7.99. The van der Waals surface area contributed by atoms with E-state index in [2.05, 4.69) is 10.1 Å². The predicted molar refractivity (Wildman–Crippen MR) is 68.3 cm³/mol. The van der Waals surface area contributed by atoms with Crippen molar-refractivity contribution in [3.8, 4) is 0 Å². The summed E-state index contributed by atoms with van der Waals surface area (Å²) >= 11 is 1.44. The molecule has 6 heteroatoms. The van der Waals surface area contributed by atoms with E-state index in [1.807, 2.05) is 13.0 Å². The molecule has 0 aliphatic heterocycles. The Morgan fingerprint density at radius 3 is 3.00 bits per heavy atom. The Hall–Kier alpha value is -1.56. The van der Waals surface area contributed by atoms with Crippen LogP contribution in [0.2, 0.25) is 0 Å². The molecule has 1 aliphatic carbocycles. The van der Waals surface area contributed by atoms with Crippen LogP contribution in [0.3, 0.4) is 0 Å². The van der Waals surface area contributed by atoms with Crippen LogP contribution in [0.1, 0.15) is 41.7 Å². The lowest BCUT2D eigenvalue weighted by Gasteiger charge is -2.00. The zero-order valence-electron chi connectivity index (χ0n) is 9.96. The van der Waals surface area contributed by atoms with Crippen molar-refractivity contribution in [3.63, 3.8) is 0 Å². The van der Waals surface area contributed by atoms with Crippen molar-refractivity contribution >= 4 is 23.4 Å². The van der Waals surface area contributed by atoms with E-state index in [1.54, 1.807) is 10.7 Å². The number of nitrogens with zero attached hydrogens (tertiary/aromatic N) is 3. The number of fused-ring (bicyclic) bond motifs is 1. The first-order valence-corrected chi connectivity index (χ1v) is 6.94. The summed E-state index contributed by atoms with van der Waals surface area (Å²) < 4.78 is 1.71. The number of carboxylic acids is 1. The SMILES string of the molecule is CCSc1nn2c(C3CC3)ccnc2c1C(=O)O. The van der Waals surface area contributed by atoms with Crippen molar-refractivity contribution < 1.29 is 9.90 Å². The van der Waals surface area contributed by atoms with E-state index in [-0.39, 0.29) is 5.56 Å². The molecule has 5 nitrogen and oxygen atoms in total. The average molecular weight is 263 g/mol. The van der Waals surface area contributed by atoms with Gasteiger partial charge in [-0.15, -0.1) is 11.8 Å². The Kier molecular flexibility index (Phi) is 2.74. The summed E-state index contributed by atoms with van der Waals surface area (Å²) in [5.74, 6) is 0.348. The molecule has 18 heavy (non-hydrogen) atoms. The lowest BCUT2D eigenvalue weighted by atomic mass is 10.3. The van der Waals surface area contributed by atoms with Gasteiger partial charge in [-0.3, -0.25) is 0 Å². The number of aromatic nitrogens is 3. The summed E-state index contributed by atoms with van der Waals surface area (Å²) in [6.45, 7) is 1.98. The summed E-state index contributed by atoms with van der Waals surface area (Å²) in [6.07, 6.45) is 3.98. The molecule has 1 aliphatic rings. The summed E-state index contributed by atoms with van der Waals surface area (Å²) in [4.78, 5) is 15.5. The highest BCUT2D eigenvalue weighted by Gasteiger charge is 2.29. The van der Waals surface area contributed by atoms with Crippen LogP contribution in [-0.2, 0) is 0 Å². The van der Waals surface area contributed by atoms with Gasteiger partial charge in [0.25, 0.3) is 0 Å². The van der Waals surface area contributed by atoms with Gasteiger partial charge in [0, 0.05) is 17.8 Å². The molecule has 0 aromatic carbocycles. The van der Waals surface area contributed by atoms with Crippen LogP contribution in [0.25, 0.3) is 5.65 Å². The second-order valence-electron chi connectivity index (χ2n) is 4.30. The van der Waals surface area contributed by atoms with E-state index >= 15 is 0 Å². The number of hydrogen-bond donors (Lipinski definition) is 1. The van der Waals surface area contributed by atoms with Gasteiger partial charge in [0.15, 0.2) is 5.65 Å². The Balaban J connectivity index is 2.25. The molecule has 0 spiro atoms. The summed E-state index contributed by atoms with van der Waals surface area (Å²) in [7, 11) is 0. The molecule has 0 unspecified atom stereocenters. The lowest BCUT2D eigenvalue weighted by Crippen LogP contribution is -2.01. The fraction of sp³-hybridized carbons (Fsp3) is 0.417. The minimum atomic E-state index is -0.957. The molecule has 1 fully saturated rings. The molecule has 2 aromatic rings. The molecular weight excluding hydrogens is 250 g/mol. The Morgan fingerprint density at radius 1 is 1.61 bits per heavy atom. The maximum absolute atomic E-state index is 11.4. The third-order valence-corrected chi connectivity index (χ3v) is 3.85. The van der Waals surface area contributed by atoms with Crippen LogP contribution in [0.4, 0.5) is 0 Å². The van der Waals surface area contributed by atoms with Gasteiger partial charge < -0.3 is 5.11 Å². The van der Waals surface area contributed by atoms with Crippen LogP contribution in [0.15, 0.2) is 17.3 Å². The van der Waals surface area contributed by atoms with E-state index in [1.165, 1.54) is 11.8 Å². The quantitative estimate of drug-likeness (QED) is 0.858. The van der Waals surface area contributed by atoms with E-state index in [0.717, 1.165) is 24.3 Å². The Bertz CT molecular complexity index is 619. The molecule has 0 saturated heterocycles. The third-order valence-electron chi connectivity index (χ3n) is 3.01. The minimum absolute atomic E-state index is 0.226. The van der Waals surface area contributed by atoms with Crippen LogP contribution in [0, 0.1) is 0 Å². The smallest absolute Gasteiger partial charge is 0.342 e. The van der Waals surface area contributed by atoms with E-state index in [9.17, 15) is 9.90 Å². The maximum atomic E-state index is 11.4. The van der Waals surface area contributed by atoms with Crippen molar-refractivity contribution in [2.75, 3.05) is 5.75 Å². The number of thioether (sulfide) groups is 1. The molecule has 1 saturated carbocycles. The zero-order valence-corrected chi connectivity index (χ0v) is 10.8. The Labute approximate surface area is 108 Å². The maximum Gasteiger partial charge on any atom is 0.342 e. The summed E-state index contributed by atoms with van der Waals surface area (Å²) in [6, 6.07) is 1.93. The normalized spacial score (nSPS) is 15.2. The molecule has 2 heterocycles. The van der Waals surface area contributed by atoms with Gasteiger partial charge in [-0.2, -0.15) is 5.10 Å². The van der Waals surface area contributed by atoms with Gasteiger partial charge in [0.1, 0.15) is 10.6 Å². The van der Waals surface area contributed by atoms with Crippen molar-refractivity contribution in [2.45, 2.75) is 30.7 Å². The summed E-state index contributed by atoms with van der Waals surface area (Å²) in [5.41, 5.74) is 1.76. The Morgan fingerprint density at radius 2 is 2.39 bits per heavy atom. The second kappa shape index (κ2) is 4.28. The lowest BCUT2D eigenvalue weighted by molar-refractivity contribution is 0.0695. The van der Waals surface area contributed by atoms with Gasteiger partial charge in [0.2, 0.25) is 0 Å². The molecule has 0 bridgehead atoms. The van der Waals surface area contributed by atoms with Crippen molar-refractivity contribution in [1.29, 1.82) is 0 Å². The monoisotopic (exact) mass is 263 g/mol. The zero-order chi connectivity index (χ0) is 12.7. The van der Waals surface area contributed by atoms with Crippen LogP contribution >= 0.6 is 11.8 Å². The molecule has 0 atom stereocenters. The number of carbonyl (C=O) groups is 1. The average Bonchev–Trinajstić information content (AvgIpc) is 3.09. The van der Waals surface area contributed by atoms with Crippen LogP contribution < -0.4 is 0 Å². The topological polar surface area (TPSA) is 67.5 Å². The van der Waals surface area contributed by atoms with E-state index < -0.39 is 5.97 Å². The molecular formula is C12H13N3O2S. The number of carboxylic acid groups (broad SMARTS) is 1. The summed E-state index contributed by atoms with van der Waals surface area (Å²) in [5, 5.41) is 14.3. The molecule has 1 N–H and O–H groups in total. The van der Waals surface area contributed by atoms with Gasteiger partial charge in [0.05, 0.1) is 0 Å². The van der Waals surface area contributed by atoms with E-state index in [4.69, 9.17) is 0 Å². The third kappa shape index (κ3) is 1.77. The molecule has 0 radical (unpaired) electrons. The van der Waals surface area contributed by atoms with Crippen molar-refractivity contribution in [2.24, 2.45) is 0 Å². The van der Waals surface area contributed by atoms with Gasteiger partial charge in [-0.05, 0) is 24.7 Å². The molecule has 2 aromatic heterocycles. The van der Waals surface area contributed by atoms with Crippen molar-refractivity contribution in [1.82, 2.24) is 14.6 Å². The first kappa shape index (κ1) is 11.5. The minimum Gasteiger partial charge on any atom is -0.477 e. The standard InChI is InChI=1S/C12H13N3O2S/c1-2-18-11-9(12(16)17)10-13-6-5-8(7-3-4-7)15(10)14-11/h5-7H,2-4H2,1H3,(H,16,17). The highest BCUT2D eigenvalue weighted by atomic mass is 32.2. The van der Waals surface area contributed by atoms with Gasteiger partial charge in [-0.1, -0.05) is 6.92 Å². The van der Waals surface area contributed by atoms with Crippen LogP contribution in [0.5, 0.6) is 0 Å².